The van der Waals surface area contributed by atoms with Gasteiger partial charge in [0.25, 0.3) is 0 Å². The summed E-state index contributed by atoms with van der Waals surface area (Å²) in [7, 11) is -1.08. The molecule has 4 heavy (non-hydrogen) atoms. The Morgan fingerprint density at radius 3 is 1.75 bits per heavy atom. The van der Waals surface area contributed by atoms with E-state index < -0.39 is 8.69 Å². The number of hydrogen-bond donors (Lipinski definition) is 0. The molecule has 0 aliphatic heterocycles. The van der Waals surface area contributed by atoms with Crippen LogP contribution in [-0.4, -0.2) is 0 Å². The van der Waals surface area contributed by atoms with Gasteiger partial charge in [-0.05, 0) is 0 Å². The second-order valence-corrected chi connectivity index (χ2v) is 0.224. The molecule has 18 valence electrons. The Hall–Kier alpha value is 1.87. The fraction of sp³-hybridized carbons (Fsp3) is 0. The maximum atomic E-state index is 8.35. The number of rotatable bonds is 0. The van der Waals surface area contributed by atoms with Gasteiger partial charge in [-0.25, -0.2) is 0 Å². The van der Waals surface area contributed by atoms with Gasteiger partial charge in [-0.3, -0.25) is 4.57 Å². The van der Waals surface area contributed by atoms with E-state index in [9.17, 15) is 0 Å². The van der Waals surface area contributed by atoms with Crippen LogP contribution in [0.25, 0.3) is 0 Å². The first kappa shape index (κ1) is 9.29. The molecule has 0 heterocycles. The largest absolute Gasteiger partial charge is 1.00 e. The molecule has 0 atom stereocenters. The summed E-state index contributed by atoms with van der Waals surface area (Å²) in [6, 6.07) is 0. The van der Waals surface area contributed by atoms with Crippen molar-refractivity contribution in [3.05, 3.63) is 0 Å². The minimum atomic E-state index is -1.08. The van der Waals surface area contributed by atoms with Gasteiger partial charge in [0.15, 0.2) is 0 Å². The summed E-state index contributed by atoms with van der Waals surface area (Å²) in [5.74, 6) is 0. The van der Waals surface area contributed by atoms with Crippen LogP contribution in [0.1, 0.15) is 0 Å². The molecule has 0 radical (unpaired) electrons. The maximum Gasteiger partial charge on any atom is 1.00 e. The summed E-state index contributed by atoms with van der Waals surface area (Å²) in [6.07, 6.45) is 0. The zero-order valence-corrected chi connectivity index (χ0v) is 8.07. The molecule has 0 aliphatic carbocycles. The second-order valence-electron chi connectivity index (χ2n) is 0.0745. The predicted octanol–water partition coefficient (Wildman–Crippen LogP) is -3.44. The Labute approximate surface area is 74.7 Å². The van der Waals surface area contributed by atoms with E-state index in [-0.39, 0.29) is 58.2 Å². The van der Waals surface area contributed by atoms with Gasteiger partial charge in [0.1, 0.15) is 0 Å². The van der Waals surface area contributed by atoms with Gasteiger partial charge in [0, 0.05) is 0 Å². The molecule has 0 aromatic rings. The maximum absolute atomic E-state index is 8.35. The van der Waals surface area contributed by atoms with E-state index in [1.54, 1.807) is 0 Å². The topological polar surface area (TPSA) is 40.1 Å². The summed E-state index contributed by atoms with van der Waals surface area (Å²) >= 11 is 0. The first-order chi connectivity index (χ1) is 1.41. The van der Waals surface area contributed by atoms with Crippen molar-refractivity contribution in [2.45, 2.75) is 0 Å². The Morgan fingerprint density at radius 1 is 1.75 bits per heavy atom. The molecule has 0 fully saturated rings. The molecule has 0 unspecified atom stereocenters. The fourth-order valence-corrected chi connectivity index (χ4v) is 0. The average Bonchev–Trinajstić information content (AvgIpc) is 0.918. The predicted molar refractivity (Wildman–Crippen MR) is 7.61 cm³/mol. The molecule has 4 heteroatoms. The van der Waals surface area contributed by atoms with Crippen LogP contribution in [0, 0.1) is 0 Å². The van der Waals surface area contributed by atoms with Gasteiger partial charge >= 0.3 is 58.2 Å². The fourth-order valence-electron chi connectivity index (χ4n) is 0. The van der Waals surface area contributed by atoms with Gasteiger partial charge < -0.3 is 4.89 Å². The summed E-state index contributed by atoms with van der Waals surface area (Å²) in [5, 5.41) is 0. The summed E-state index contributed by atoms with van der Waals surface area (Å²) in [6.45, 7) is 0. The van der Waals surface area contributed by atoms with E-state index in [1.165, 1.54) is 0 Å². The van der Waals surface area contributed by atoms with Crippen molar-refractivity contribution in [2.75, 3.05) is 0 Å². The Kier molecular flexibility index (Phi) is 20.6. The van der Waals surface area contributed by atoms with Crippen molar-refractivity contribution in [3.63, 3.8) is 0 Å². The van der Waals surface area contributed by atoms with Crippen LogP contribution >= 0.6 is 8.69 Å². The zero-order valence-electron chi connectivity index (χ0n) is 2.26. The molecule has 0 aromatic heterocycles. The summed E-state index contributed by atoms with van der Waals surface area (Å²) in [5.41, 5.74) is 0. The zero-order chi connectivity index (χ0) is 2.71. The molecule has 0 bridgehead atoms. The Balaban J connectivity index is 0. The van der Waals surface area contributed by atoms with E-state index in [4.69, 9.17) is 9.46 Å². The molecule has 0 spiro atoms. The first-order valence-corrected chi connectivity index (χ1v) is 1.10. The van der Waals surface area contributed by atoms with Crippen molar-refractivity contribution < 1.29 is 67.6 Å². The molecule has 2 nitrogen and oxygen atoms in total. The SMILES string of the molecule is O=P[O-].[Rb+]. The summed E-state index contributed by atoms with van der Waals surface area (Å²) < 4.78 is 8.35. The van der Waals surface area contributed by atoms with Crippen LogP contribution in [-0.2, 0) is 4.57 Å². The van der Waals surface area contributed by atoms with Gasteiger partial charge in [-0.15, -0.1) is 0 Å². The van der Waals surface area contributed by atoms with Crippen LogP contribution in [0.5, 0.6) is 0 Å². The molecule has 0 N–H and O–H groups in total. The first-order valence-electron chi connectivity index (χ1n) is 0.365. The van der Waals surface area contributed by atoms with Crippen LogP contribution in [0.3, 0.4) is 0 Å². The van der Waals surface area contributed by atoms with Crippen molar-refractivity contribution in [3.8, 4) is 0 Å². The normalized spacial score (nSPS) is 5.25. The summed E-state index contributed by atoms with van der Waals surface area (Å²) in [4.78, 5) is 8.35. The van der Waals surface area contributed by atoms with Crippen LogP contribution < -0.4 is 63.1 Å². The third-order valence-corrected chi connectivity index (χ3v) is 0. The van der Waals surface area contributed by atoms with Gasteiger partial charge in [0.2, 0.25) is 0 Å². The van der Waals surface area contributed by atoms with E-state index >= 15 is 0 Å². The minimum absolute atomic E-state index is 0. The minimum Gasteiger partial charge on any atom is -0.772 e. The molecule has 0 amide bonds. The molecular formula is O2PRb. The van der Waals surface area contributed by atoms with Crippen LogP contribution in [0.2, 0.25) is 0 Å². The van der Waals surface area contributed by atoms with Crippen molar-refractivity contribution in [1.29, 1.82) is 0 Å². The Morgan fingerprint density at radius 2 is 1.75 bits per heavy atom. The van der Waals surface area contributed by atoms with Gasteiger partial charge in [0.05, 0.1) is 8.69 Å². The van der Waals surface area contributed by atoms with E-state index in [0.29, 0.717) is 0 Å². The molecule has 0 aliphatic rings. The van der Waals surface area contributed by atoms with Crippen LogP contribution in [0.4, 0.5) is 0 Å². The molecule has 0 aromatic carbocycles. The standard InChI is InChI=1S/HO2P.Rb/c1-3-2;/h(H,1,2);/q;+1/p-1. The third kappa shape index (κ3) is 9.12. The van der Waals surface area contributed by atoms with Crippen LogP contribution in [0.15, 0.2) is 0 Å². The van der Waals surface area contributed by atoms with E-state index in [1.807, 2.05) is 0 Å². The van der Waals surface area contributed by atoms with Gasteiger partial charge in [-0.2, -0.15) is 0 Å². The quantitative estimate of drug-likeness (QED) is 0.335. The average molecular weight is 148 g/mol. The molecule has 0 saturated heterocycles. The van der Waals surface area contributed by atoms with Crippen molar-refractivity contribution in [1.82, 2.24) is 0 Å². The van der Waals surface area contributed by atoms with E-state index in [0.717, 1.165) is 0 Å². The smallest absolute Gasteiger partial charge is 0.772 e. The van der Waals surface area contributed by atoms with Gasteiger partial charge in [-0.1, -0.05) is 0 Å². The van der Waals surface area contributed by atoms with Crippen molar-refractivity contribution >= 4 is 8.69 Å². The molecule has 0 rings (SSSR count). The third-order valence-electron chi connectivity index (χ3n) is 0. The molecule has 0 saturated carbocycles. The second kappa shape index (κ2) is 8.85. The number of hydrogen-bond acceptors (Lipinski definition) is 2. The monoisotopic (exact) mass is 148 g/mol. The molecular weight excluding hydrogens is 148 g/mol. The van der Waals surface area contributed by atoms with Crippen molar-refractivity contribution in [2.24, 2.45) is 0 Å². The van der Waals surface area contributed by atoms with E-state index in [2.05, 4.69) is 0 Å². The Bertz CT molecular complexity index is 13.5.